The van der Waals surface area contributed by atoms with E-state index in [4.69, 9.17) is 9.47 Å². The summed E-state index contributed by atoms with van der Waals surface area (Å²) in [5.74, 6) is -0.863. The number of hydrogen-bond acceptors (Lipinski definition) is 5. The number of carbonyl (C=O) groups excluding carboxylic acids is 3. The van der Waals surface area contributed by atoms with Crippen LogP contribution in [0.15, 0.2) is 42.5 Å². The third-order valence-corrected chi connectivity index (χ3v) is 6.40. The van der Waals surface area contributed by atoms with Gasteiger partial charge in [-0.2, -0.15) is 0 Å². The second kappa shape index (κ2) is 12.0. The average molecular weight is 500 g/mol. The van der Waals surface area contributed by atoms with Crippen LogP contribution in [0.4, 0.5) is 10.1 Å². The van der Waals surface area contributed by atoms with Gasteiger partial charge < -0.3 is 24.6 Å². The molecule has 0 spiro atoms. The van der Waals surface area contributed by atoms with Crippen molar-refractivity contribution in [3.63, 3.8) is 0 Å². The van der Waals surface area contributed by atoms with Gasteiger partial charge in [-0.15, -0.1) is 0 Å². The maximum Gasteiger partial charge on any atom is 0.257 e. The highest BCUT2D eigenvalue weighted by Gasteiger charge is 2.31. The Labute approximate surface area is 211 Å². The number of rotatable bonds is 4. The number of fused-ring (bicyclic) bond motifs is 1. The molecule has 2 aromatic carbocycles. The minimum absolute atomic E-state index is 0.104. The van der Waals surface area contributed by atoms with Crippen molar-refractivity contribution in [2.75, 3.05) is 39.2 Å². The number of halogens is 1. The number of ether oxygens (including phenoxy) is 2. The Morgan fingerprint density at radius 3 is 2.47 bits per heavy atom. The molecule has 3 atom stereocenters. The highest BCUT2D eigenvalue weighted by Crippen LogP contribution is 2.27. The lowest BCUT2D eigenvalue weighted by Gasteiger charge is -2.36. The number of anilines is 1. The van der Waals surface area contributed by atoms with Crippen LogP contribution in [0, 0.1) is 11.7 Å². The lowest BCUT2D eigenvalue weighted by molar-refractivity contribution is -0.115. The quantitative estimate of drug-likeness (QED) is 0.691. The van der Waals surface area contributed by atoms with Crippen LogP contribution in [-0.4, -0.2) is 73.5 Å². The Kier molecular flexibility index (Phi) is 9.03. The molecule has 0 saturated carbocycles. The Balaban J connectivity index is 1.99. The molecule has 0 aromatic heterocycles. The number of hydrogen-bond donors (Lipinski definition) is 1. The first-order chi connectivity index (χ1) is 17.1. The minimum atomic E-state index is -0.417. The molecule has 2 aromatic rings. The van der Waals surface area contributed by atoms with E-state index < -0.39 is 5.82 Å². The predicted octanol–water partition coefficient (Wildman–Crippen LogP) is 3.82. The summed E-state index contributed by atoms with van der Waals surface area (Å²) in [5.41, 5.74) is 1.23. The van der Waals surface area contributed by atoms with Crippen LogP contribution in [0.25, 0.3) is 0 Å². The molecule has 1 N–H and O–H groups in total. The topological polar surface area (TPSA) is 88.2 Å². The number of amides is 3. The SMILES string of the molecule is CCC(=O)Nc1ccc2c(c1)OC[C@@H](C)N(C(=O)c1ccc(F)cc1)C[C@H](C)[C@@H](OC)CN(C)C2=O. The molecule has 0 bridgehead atoms. The summed E-state index contributed by atoms with van der Waals surface area (Å²) in [4.78, 5) is 41.9. The van der Waals surface area contributed by atoms with E-state index in [-0.39, 0.29) is 42.4 Å². The molecule has 1 aliphatic heterocycles. The van der Waals surface area contributed by atoms with Crippen LogP contribution in [0.5, 0.6) is 5.75 Å². The Morgan fingerprint density at radius 2 is 1.83 bits per heavy atom. The largest absolute Gasteiger partial charge is 0.491 e. The van der Waals surface area contributed by atoms with E-state index in [0.29, 0.717) is 42.1 Å². The first-order valence-electron chi connectivity index (χ1n) is 12.1. The molecule has 3 amide bonds. The molecule has 0 aliphatic carbocycles. The molecular formula is C27H34FN3O5. The van der Waals surface area contributed by atoms with Gasteiger partial charge in [0, 0.05) is 56.9 Å². The van der Waals surface area contributed by atoms with Crippen molar-refractivity contribution in [3.8, 4) is 5.75 Å². The number of methoxy groups -OCH3 is 1. The molecule has 0 unspecified atom stereocenters. The van der Waals surface area contributed by atoms with Crippen molar-refractivity contribution in [2.24, 2.45) is 5.92 Å². The fourth-order valence-electron chi connectivity index (χ4n) is 4.14. The van der Waals surface area contributed by atoms with Crippen molar-refractivity contribution < 1.29 is 28.2 Å². The number of likely N-dealkylation sites (N-methyl/N-ethyl adjacent to an activating group) is 1. The van der Waals surface area contributed by atoms with Crippen LogP contribution < -0.4 is 10.1 Å². The highest BCUT2D eigenvalue weighted by atomic mass is 19.1. The number of nitrogens with one attached hydrogen (secondary N) is 1. The van der Waals surface area contributed by atoms with Gasteiger partial charge in [0.1, 0.15) is 18.2 Å². The van der Waals surface area contributed by atoms with Gasteiger partial charge in [0.05, 0.1) is 17.7 Å². The fraction of sp³-hybridized carbons (Fsp3) is 0.444. The lowest BCUT2D eigenvalue weighted by atomic mass is 10.0. The normalized spacial score (nSPS) is 21.1. The molecule has 8 nitrogen and oxygen atoms in total. The summed E-state index contributed by atoms with van der Waals surface area (Å²) in [6.45, 7) is 6.33. The van der Waals surface area contributed by atoms with Gasteiger partial charge in [0.15, 0.2) is 0 Å². The van der Waals surface area contributed by atoms with Gasteiger partial charge in [0.25, 0.3) is 11.8 Å². The van der Waals surface area contributed by atoms with Crippen LogP contribution >= 0.6 is 0 Å². The Hall–Kier alpha value is -3.46. The second-order valence-corrected chi connectivity index (χ2v) is 9.17. The molecule has 36 heavy (non-hydrogen) atoms. The van der Waals surface area contributed by atoms with Crippen molar-refractivity contribution in [3.05, 3.63) is 59.4 Å². The standard InChI is InChI=1S/C27H34FN3O5/c1-6-25(32)29-21-11-12-22-23(13-21)36-16-18(3)31(26(33)19-7-9-20(28)10-8-19)14-17(2)24(35-5)15-30(4)27(22)34/h7-13,17-18,24H,6,14-16H2,1-5H3,(H,29,32)/t17-,18+,24-/m0/s1. The van der Waals surface area contributed by atoms with Crippen molar-refractivity contribution in [1.29, 1.82) is 0 Å². The van der Waals surface area contributed by atoms with Crippen LogP contribution in [0.2, 0.25) is 0 Å². The van der Waals surface area contributed by atoms with Crippen molar-refractivity contribution >= 4 is 23.4 Å². The van der Waals surface area contributed by atoms with E-state index in [2.05, 4.69) is 5.32 Å². The summed E-state index contributed by atoms with van der Waals surface area (Å²) < 4.78 is 25.3. The third kappa shape index (κ3) is 6.40. The summed E-state index contributed by atoms with van der Waals surface area (Å²) in [7, 11) is 3.27. The Bertz CT molecular complexity index is 1090. The lowest BCUT2D eigenvalue weighted by Crippen LogP contribution is -2.48. The number of carbonyl (C=O) groups is 3. The first kappa shape index (κ1) is 27.1. The summed E-state index contributed by atoms with van der Waals surface area (Å²) >= 11 is 0. The van der Waals surface area contributed by atoms with Crippen LogP contribution in [0.1, 0.15) is 47.9 Å². The summed E-state index contributed by atoms with van der Waals surface area (Å²) in [6, 6.07) is 9.98. The zero-order chi connectivity index (χ0) is 26.4. The molecular weight excluding hydrogens is 465 g/mol. The monoisotopic (exact) mass is 499 g/mol. The van der Waals surface area contributed by atoms with E-state index in [1.165, 1.54) is 24.3 Å². The Morgan fingerprint density at radius 1 is 1.14 bits per heavy atom. The van der Waals surface area contributed by atoms with E-state index in [0.717, 1.165) is 0 Å². The predicted molar refractivity (Wildman–Crippen MR) is 135 cm³/mol. The highest BCUT2D eigenvalue weighted by molar-refractivity contribution is 5.98. The first-order valence-corrected chi connectivity index (χ1v) is 12.1. The van der Waals surface area contributed by atoms with Crippen LogP contribution in [0.3, 0.4) is 0 Å². The van der Waals surface area contributed by atoms with E-state index in [9.17, 15) is 18.8 Å². The minimum Gasteiger partial charge on any atom is -0.491 e. The third-order valence-electron chi connectivity index (χ3n) is 6.40. The number of nitrogens with zero attached hydrogens (tertiary/aromatic N) is 2. The summed E-state index contributed by atoms with van der Waals surface area (Å²) in [5, 5.41) is 2.78. The molecule has 0 fully saturated rings. The molecule has 3 rings (SSSR count). The van der Waals surface area contributed by atoms with Gasteiger partial charge in [0.2, 0.25) is 5.91 Å². The molecule has 194 valence electrons. The fourth-order valence-corrected chi connectivity index (χ4v) is 4.14. The molecule has 9 heteroatoms. The van der Waals surface area contributed by atoms with Crippen molar-refractivity contribution in [1.82, 2.24) is 9.80 Å². The molecule has 1 aliphatic rings. The molecule has 0 radical (unpaired) electrons. The van der Waals surface area contributed by atoms with Gasteiger partial charge >= 0.3 is 0 Å². The van der Waals surface area contributed by atoms with Gasteiger partial charge in [-0.3, -0.25) is 14.4 Å². The van der Waals surface area contributed by atoms with Crippen LogP contribution in [-0.2, 0) is 9.53 Å². The maximum atomic E-state index is 13.5. The second-order valence-electron chi connectivity index (χ2n) is 9.17. The van der Waals surface area contributed by atoms with Gasteiger partial charge in [-0.25, -0.2) is 4.39 Å². The molecule has 1 heterocycles. The smallest absolute Gasteiger partial charge is 0.257 e. The zero-order valence-corrected chi connectivity index (χ0v) is 21.4. The van der Waals surface area contributed by atoms with Gasteiger partial charge in [-0.1, -0.05) is 13.8 Å². The van der Waals surface area contributed by atoms with E-state index in [1.54, 1.807) is 49.1 Å². The maximum absolute atomic E-state index is 13.5. The zero-order valence-electron chi connectivity index (χ0n) is 21.4. The number of benzene rings is 2. The molecule has 0 saturated heterocycles. The average Bonchev–Trinajstić information content (AvgIpc) is 2.87. The van der Waals surface area contributed by atoms with E-state index in [1.807, 2.05) is 13.8 Å². The van der Waals surface area contributed by atoms with E-state index >= 15 is 0 Å². The van der Waals surface area contributed by atoms with Crippen molar-refractivity contribution in [2.45, 2.75) is 39.3 Å². The van der Waals surface area contributed by atoms with Gasteiger partial charge in [-0.05, 0) is 43.3 Å². The summed E-state index contributed by atoms with van der Waals surface area (Å²) in [6.07, 6.45) is -0.0187.